The Morgan fingerprint density at radius 2 is 2.10 bits per heavy atom. The van der Waals surface area contributed by atoms with Crippen LogP contribution in [0.2, 0.25) is 0 Å². The Morgan fingerprint density at radius 3 is 2.80 bits per heavy atom. The summed E-state index contributed by atoms with van der Waals surface area (Å²) in [4.78, 5) is 45.1. The van der Waals surface area contributed by atoms with Crippen LogP contribution in [0.25, 0.3) is 10.9 Å². The van der Waals surface area contributed by atoms with Crippen molar-refractivity contribution in [2.75, 3.05) is 5.32 Å². The summed E-state index contributed by atoms with van der Waals surface area (Å²) < 4.78 is 1.35. The van der Waals surface area contributed by atoms with Crippen LogP contribution in [0.3, 0.4) is 0 Å². The number of hydrogen-bond acceptors (Lipinski definition) is 7. The fourth-order valence-corrected chi connectivity index (χ4v) is 4.55. The number of rotatable bonds is 6. The lowest BCUT2D eigenvalue weighted by Gasteiger charge is -2.27. The third kappa shape index (κ3) is 4.23. The zero-order chi connectivity index (χ0) is 21.1. The number of benzene rings is 1. The lowest BCUT2D eigenvalue weighted by Crippen LogP contribution is -2.35. The molecule has 1 atom stereocenters. The summed E-state index contributed by atoms with van der Waals surface area (Å²) in [6, 6.07) is 3.22. The number of carbonyl (C=O) groups excluding carboxylic acids is 1. The minimum Gasteiger partial charge on any atom is -0.300 e. The molecule has 3 aromatic rings. The van der Waals surface area contributed by atoms with Gasteiger partial charge in [-0.3, -0.25) is 24.3 Å². The highest BCUT2D eigenvalue weighted by Crippen LogP contribution is 2.31. The van der Waals surface area contributed by atoms with Crippen LogP contribution in [0.4, 0.5) is 10.8 Å². The molecule has 1 saturated carbocycles. The minimum absolute atomic E-state index is 0.132. The molecule has 0 bridgehead atoms. The number of anilines is 1. The van der Waals surface area contributed by atoms with Crippen LogP contribution in [0.15, 0.2) is 40.9 Å². The van der Waals surface area contributed by atoms with Crippen molar-refractivity contribution in [3.63, 3.8) is 0 Å². The molecule has 10 heteroatoms. The number of aromatic nitrogens is 3. The maximum Gasteiger partial charge on any atom is 0.271 e. The number of amides is 1. The molecule has 4 rings (SSSR count). The third-order valence-electron chi connectivity index (χ3n) is 5.56. The second-order valence-electron chi connectivity index (χ2n) is 7.50. The van der Waals surface area contributed by atoms with Crippen molar-refractivity contribution in [1.29, 1.82) is 0 Å². The minimum atomic E-state index is -0.725. The van der Waals surface area contributed by atoms with E-state index in [1.807, 2.05) is 0 Å². The van der Waals surface area contributed by atoms with E-state index in [4.69, 9.17) is 0 Å². The highest BCUT2D eigenvalue weighted by molar-refractivity contribution is 7.13. The SMILES string of the molecule is O=C(Nc1nccs1)C(CC1CCCCC1)n1cnc2cc([N+](=O)[O-])ccc2c1=O. The molecule has 0 saturated heterocycles. The number of hydrogen-bond donors (Lipinski definition) is 1. The molecule has 1 N–H and O–H groups in total. The molecule has 1 aliphatic carbocycles. The number of fused-ring (bicyclic) bond motifs is 1. The number of non-ortho nitro benzene ring substituents is 1. The molecule has 1 aromatic carbocycles. The van der Waals surface area contributed by atoms with E-state index in [9.17, 15) is 19.7 Å². The molecule has 2 heterocycles. The summed E-state index contributed by atoms with van der Waals surface area (Å²) in [7, 11) is 0. The van der Waals surface area contributed by atoms with Gasteiger partial charge in [0.2, 0.25) is 5.91 Å². The number of thiazole rings is 1. The average molecular weight is 427 g/mol. The fourth-order valence-electron chi connectivity index (χ4n) is 4.02. The molecule has 1 amide bonds. The van der Waals surface area contributed by atoms with Gasteiger partial charge in [-0.2, -0.15) is 0 Å². The summed E-state index contributed by atoms with van der Waals surface area (Å²) in [6.07, 6.45) is 8.97. The van der Waals surface area contributed by atoms with E-state index in [1.165, 1.54) is 46.9 Å². The largest absolute Gasteiger partial charge is 0.300 e. The van der Waals surface area contributed by atoms with E-state index in [0.29, 0.717) is 17.5 Å². The summed E-state index contributed by atoms with van der Waals surface area (Å²) in [5.41, 5.74) is -0.278. The normalized spacial score (nSPS) is 15.7. The predicted molar refractivity (Wildman–Crippen MR) is 114 cm³/mol. The van der Waals surface area contributed by atoms with Gasteiger partial charge < -0.3 is 5.32 Å². The molecule has 156 valence electrons. The second-order valence-corrected chi connectivity index (χ2v) is 8.39. The van der Waals surface area contributed by atoms with Gasteiger partial charge in [0.15, 0.2) is 5.13 Å². The molecule has 0 spiro atoms. The topological polar surface area (TPSA) is 120 Å². The van der Waals surface area contributed by atoms with Gasteiger partial charge in [0.25, 0.3) is 11.2 Å². The zero-order valence-electron chi connectivity index (χ0n) is 16.2. The first kappa shape index (κ1) is 20.1. The number of nitrogens with one attached hydrogen (secondary N) is 1. The predicted octanol–water partition coefficient (Wildman–Crippen LogP) is 3.91. The van der Waals surface area contributed by atoms with E-state index in [2.05, 4.69) is 15.3 Å². The van der Waals surface area contributed by atoms with E-state index in [1.54, 1.807) is 11.6 Å². The van der Waals surface area contributed by atoms with Crippen molar-refractivity contribution in [2.24, 2.45) is 5.92 Å². The summed E-state index contributed by atoms with van der Waals surface area (Å²) >= 11 is 1.31. The molecule has 0 radical (unpaired) electrons. The second kappa shape index (κ2) is 8.70. The Labute approximate surface area is 175 Å². The number of carbonyl (C=O) groups is 1. The van der Waals surface area contributed by atoms with Crippen molar-refractivity contribution in [3.05, 3.63) is 56.6 Å². The molecule has 1 aliphatic rings. The Balaban J connectivity index is 1.71. The van der Waals surface area contributed by atoms with Gasteiger partial charge in [0.1, 0.15) is 6.04 Å². The van der Waals surface area contributed by atoms with Crippen molar-refractivity contribution < 1.29 is 9.72 Å². The van der Waals surface area contributed by atoms with Gasteiger partial charge in [-0.05, 0) is 18.4 Å². The fraction of sp³-hybridized carbons (Fsp3) is 0.400. The van der Waals surface area contributed by atoms with Crippen molar-refractivity contribution in [2.45, 2.75) is 44.6 Å². The van der Waals surface area contributed by atoms with Crippen molar-refractivity contribution >= 4 is 39.0 Å². The Kier molecular flexibility index (Phi) is 5.84. The molecular formula is C20H21N5O4S. The quantitative estimate of drug-likeness (QED) is 0.470. The van der Waals surface area contributed by atoms with Gasteiger partial charge in [-0.1, -0.05) is 32.1 Å². The van der Waals surface area contributed by atoms with Crippen molar-refractivity contribution in [1.82, 2.24) is 14.5 Å². The standard InChI is InChI=1S/C20H21N5O4S/c26-18(23-20-21-8-9-30-20)17(10-13-4-2-1-3-5-13)24-12-22-16-11-14(25(28)29)6-7-15(16)19(24)27/h6-9,11-13,17H,1-5,10H2,(H,21,23,26). The van der Waals surface area contributed by atoms with E-state index < -0.39 is 11.0 Å². The van der Waals surface area contributed by atoms with Gasteiger partial charge in [-0.15, -0.1) is 11.3 Å². The Hall–Kier alpha value is -3.14. The highest BCUT2D eigenvalue weighted by atomic mass is 32.1. The first-order valence-electron chi connectivity index (χ1n) is 9.88. The first-order chi connectivity index (χ1) is 14.5. The lowest BCUT2D eigenvalue weighted by atomic mass is 9.84. The van der Waals surface area contributed by atoms with E-state index in [-0.39, 0.29) is 28.1 Å². The molecular weight excluding hydrogens is 406 g/mol. The van der Waals surface area contributed by atoms with Gasteiger partial charge >= 0.3 is 0 Å². The first-order valence-corrected chi connectivity index (χ1v) is 10.8. The van der Waals surface area contributed by atoms with Crippen LogP contribution in [0.1, 0.15) is 44.6 Å². The van der Waals surface area contributed by atoms with E-state index in [0.717, 1.165) is 25.7 Å². The zero-order valence-corrected chi connectivity index (χ0v) is 17.0. The number of nitro groups is 1. The van der Waals surface area contributed by atoms with E-state index >= 15 is 0 Å². The summed E-state index contributed by atoms with van der Waals surface area (Å²) in [6.45, 7) is 0. The maximum absolute atomic E-state index is 13.2. The lowest BCUT2D eigenvalue weighted by molar-refractivity contribution is -0.384. The monoisotopic (exact) mass is 427 g/mol. The summed E-state index contributed by atoms with van der Waals surface area (Å²) in [5, 5.41) is 16.3. The highest BCUT2D eigenvalue weighted by Gasteiger charge is 2.28. The van der Waals surface area contributed by atoms with Crippen LogP contribution in [0, 0.1) is 16.0 Å². The average Bonchev–Trinajstić information content (AvgIpc) is 3.26. The Bertz CT molecular complexity index is 1120. The van der Waals surface area contributed by atoms with Crippen LogP contribution in [-0.4, -0.2) is 25.4 Å². The third-order valence-corrected chi connectivity index (χ3v) is 6.25. The number of nitrogens with zero attached hydrogens (tertiary/aromatic N) is 4. The van der Waals surface area contributed by atoms with Crippen molar-refractivity contribution in [3.8, 4) is 0 Å². The molecule has 0 aliphatic heterocycles. The van der Waals surface area contributed by atoms with Gasteiger partial charge in [0.05, 0.1) is 22.2 Å². The maximum atomic E-state index is 13.2. The van der Waals surface area contributed by atoms with Crippen LogP contribution < -0.4 is 10.9 Å². The summed E-state index contributed by atoms with van der Waals surface area (Å²) in [5.74, 6) is 0.0472. The molecule has 30 heavy (non-hydrogen) atoms. The Morgan fingerprint density at radius 1 is 1.30 bits per heavy atom. The van der Waals surface area contributed by atoms with Crippen LogP contribution >= 0.6 is 11.3 Å². The molecule has 1 unspecified atom stereocenters. The van der Waals surface area contributed by atoms with Crippen LogP contribution in [0.5, 0.6) is 0 Å². The van der Waals surface area contributed by atoms with Crippen LogP contribution in [-0.2, 0) is 4.79 Å². The smallest absolute Gasteiger partial charge is 0.271 e. The molecule has 2 aromatic heterocycles. The van der Waals surface area contributed by atoms with Gasteiger partial charge in [0, 0.05) is 23.7 Å². The van der Waals surface area contributed by atoms with Gasteiger partial charge in [-0.25, -0.2) is 9.97 Å². The number of nitro benzene ring substituents is 1. The molecule has 1 fully saturated rings. The molecule has 9 nitrogen and oxygen atoms in total.